The second-order valence-electron chi connectivity index (χ2n) is 6.89. The third-order valence-corrected chi connectivity index (χ3v) is 5.11. The summed E-state index contributed by atoms with van der Waals surface area (Å²) in [4.78, 5) is 26.0. The molecule has 2 unspecified atom stereocenters. The number of nitrogens with zero attached hydrogens (tertiary/aromatic N) is 2. The molecular weight excluding hydrogens is 260 g/mol. The quantitative estimate of drug-likeness (QED) is 0.712. The van der Waals surface area contributed by atoms with Crippen LogP contribution in [0.15, 0.2) is 0 Å². The molecular formula is C14H23N2O4+. The Bertz CT molecular complexity index is 427. The van der Waals surface area contributed by atoms with Gasteiger partial charge in [-0.3, -0.25) is 9.59 Å². The summed E-state index contributed by atoms with van der Waals surface area (Å²) in [6.07, 6.45) is 1.15. The van der Waals surface area contributed by atoms with Crippen LogP contribution in [0.25, 0.3) is 0 Å². The van der Waals surface area contributed by atoms with Gasteiger partial charge in [0.25, 0.3) is 0 Å². The molecule has 0 spiro atoms. The van der Waals surface area contributed by atoms with Gasteiger partial charge in [0.2, 0.25) is 5.91 Å². The average Bonchev–Trinajstić information content (AvgIpc) is 2.97. The number of hydrogen-bond acceptors (Lipinski definition) is 3. The molecule has 2 bridgehead atoms. The Hall–Kier alpha value is -1.14. The number of amides is 1. The highest BCUT2D eigenvalue weighted by atomic mass is 16.5. The van der Waals surface area contributed by atoms with Gasteiger partial charge in [-0.1, -0.05) is 0 Å². The van der Waals surface area contributed by atoms with Gasteiger partial charge in [-0.2, -0.15) is 0 Å². The third-order valence-electron chi connectivity index (χ3n) is 5.11. The van der Waals surface area contributed by atoms with Crippen LogP contribution < -0.4 is 0 Å². The highest BCUT2D eigenvalue weighted by molar-refractivity contribution is 5.86. The van der Waals surface area contributed by atoms with Crippen molar-refractivity contribution in [2.24, 2.45) is 11.8 Å². The molecule has 4 atom stereocenters. The number of aliphatic carboxylic acids is 1. The maximum absolute atomic E-state index is 12.7. The monoisotopic (exact) mass is 283 g/mol. The molecule has 0 radical (unpaired) electrons. The Morgan fingerprint density at radius 3 is 2.20 bits per heavy atom. The second kappa shape index (κ2) is 4.70. The molecule has 0 aliphatic carbocycles. The van der Waals surface area contributed by atoms with E-state index in [4.69, 9.17) is 4.74 Å². The van der Waals surface area contributed by atoms with Crippen molar-refractivity contribution in [1.29, 1.82) is 0 Å². The molecule has 1 amide bonds. The lowest BCUT2D eigenvalue weighted by atomic mass is 9.78. The van der Waals surface area contributed by atoms with E-state index in [1.807, 2.05) is 4.90 Å². The third kappa shape index (κ3) is 2.20. The first kappa shape index (κ1) is 13.8. The Kier molecular flexibility index (Phi) is 3.25. The van der Waals surface area contributed by atoms with Gasteiger partial charge in [-0.15, -0.1) is 0 Å². The van der Waals surface area contributed by atoms with E-state index < -0.39 is 17.8 Å². The van der Waals surface area contributed by atoms with Gasteiger partial charge in [0.1, 0.15) is 0 Å². The molecule has 0 saturated carbocycles. The van der Waals surface area contributed by atoms with E-state index in [2.05, 4.69) is 14.1 Å². The molecule has 3 aliphatic heterocycles. The van der Waals surface area contributed by atoms with Crippen molar-refractivity contribution in [3.05, 3.63) is 0 Å². The normalized spacial score (nSPS) is 39.0. The molecule has 6 nitrogen and oxygen atoms in total. The summed E-state index contributed by atoms with van der Waals surface area (Å²) < 4.78 is 6.60. The zero-order valence-electron chi connectivity index (χ0n) is 12.1. The summed E-state index contributed by atoms with van der Waals surface area (Å²) in [5, 5.41) is 9.38. The van der Waals surface area contributed by atoms with E-state index in [0.29, 0.717) is 13.1 Å². The van der Waals surface area contributed by atoms with Gasteiger partial charge in [0, 0.05) is 0 Å². The number of carbonyl (C=O) groups excluding carboxylic acids is 1. The predicted molar refractivity (Wildman–Crippen MR) is 70.9 cm³/mol. The molecule has 3 saturated heterocycles. The molecule has 3 aliphatic rings. The van der Waals surface area contributed by atoms with Crippen LogP contribution in [0.5, 0.6) is 0 Å². The number of rotatable bonds is 2. The predicted octanol–water partition coefficient (Wildman–Crippen LogP) is -0.217. The minimum absolute atomic E-state index is 0.00991. The average molecular weight is 283 g/mol. The van der Waals surface area contributed by atoms with Crippen molar-refractivity contribution < 1.29 is 23.9 Å². The molecule has 0 aromatic rings. The standard InChI is InChI=1S/C14H22N2O4/c1-16(2)7-5-15(6-8-16)13(17)11-9-3-4-10(20-9)12(11)14(18)19/h9-12H,3-8H2,1-2H3/p+1/t9-,10+,11?,12?/m0/s1. The lowest BCUT2D eigenvalue weighted by molar-refractivity contribution is -0.894. The van der Waals surface area contributed by atoms with Crippen LogP contribution in [-0.4, -0.2) is 78.8 Å². The first-order valence-electron chi connectivity index (χ1n) is 7.38. The lowest BCUT2D eigenvalue weighted by Gasteiger charge is -2.40. The molecule has 112 valence electrons. The fourth-order valence-electron chi connectivity index (χ4n) is 3.74. The number of hydrogen-bond donors (Lipinski definition) is 1. The first-order chi connectivity index (χ1) is 9.39. The summed E-state index contributed by atoms with van der Waals surface area (Å²) in [5.41, 5.74) is 0. The smallest absolute Gasteiger partial charge is 0.310 e. The minimum atomic E-state index is -0.885. The number of quaternary nitrogens is 1. The molecule has 1 N–H and O–H groups in total. The van der Waals surface area contributed by atoms with Gasteiger partial charge in [-0.25, -0.2) is 0 Å². The van der Waals surface area contributed by atoms with Crippen molar-refractivity contribution in [2.45, 2.75) is 25.0 Å². The molecule has 3 rings (SSSR count). The number of fused-ring (bicyclic) bond motifs is 2. The number of carboxylic acid groups (broad SMARTS) is 1. The van der Waals surface area contributed by atoms with Crippen LogP contribution in [0.3, 0.4) is 0 Å². The molecule has 20 heavy (non-hydrogen) atoms. The second-order valence-corrected chi connectivity index (χ2v) is 6.89. The summed E-state index contributed by atoms with van der Waals surface area (Å²) in [7, 11) is 4.31. The molecule has 6 heteroatoms. The van der Waals surface area contributed by atoms with Crippen LogP contribution in [0, 0.1) is 11.8 Å². The van der Waals surface area contributed by atoms with Gasteiger partial charge < -0.3 is 19.2 Å². The Labute approximate surface area is 118 Å². The number of carboxylic acids is 1. The summed E-state index contributed by atoms with van der Waals surface area (Å²) >= 11 is 0. The number of carbonyl (C=O) groups is 2. The Balaban J connectivity index is 1.72. The van der Waals surface area contributed by atoms with E-state index in [0.717, 1.165) is 30.4 Å². The van der Waals surface area contributed by atoms with E-state index in [-0.39, 0.29) is 18.1 Å². The lowest BCUT2D eigenvalue weighted by Crippen LogP contribution is -2.58. The molecule has 3 heterocycles. The van der Waals surface area contributed by atoms with E-state index in [1.165, 1.54) is 0 Å². The zero-order chi connectivity index (χ0) is 14.5. The van der Waals surface area contributed by atoms with E-state index in [1.54, 1.807) is 0 Å². The minimum Gasteiger partial charge on any atom is -0.481 e. The summed E-state index contributed by atoms with van der Waals surface area (Å²) in [5.74, 6) is -2.02. The van der Waals surface area contributed by atoms with E-state index in [9.17, 15) is 14.7 Å². The van der Waals surface area contributed by atoms with Gasteiger partial charge in [0.05, 0.1) is 64.3 Å². The fraction of sp³-hybridized carbons (Fsp3) is 0.857. The molecule has 3 fully saturated rings. The topological polar surface area (TPSA) is 66.8 Å². The molecule has 0 aromatic carbocycles. The highest BCUT2D eigenvalue weighted by Gasteiger charge is 2.56. The van der Waals surface area contributed by atoms with Crippen LogP contribution in [0.4, 0.5) is 0 Å². The van der Waals surface area contributed by atoms with Gasteiger partial charge >= 0.3 is 5.97 Å². The van der Waals surface area contributed by atoms with Gasteiger partial charge in [0.15, 0.2) is 0 Å². The van der Waals surface area contributed by atoms with Crippen molar-refractivity contribution in [3.63, 3.8) is 0 Å². The summed E-state index contributed by atoms with van der Waals surface area (Å²) in [6, 6.07) is 0. The van der Waals surface area contributed by atoms with Crippen molar-refractivity contribution in [3.8, 4) is 0 Å². The number of ether oxygens (including phenoxy) is 1. The Morgan fingerprint density at radius 1 is 1.10 bits per heavy atom. The van der Waals surface area contributed by atoms with Crippen molar-refractivity contribution in [1.82, 2.24) is 4.90 Å². The largest absolute Gasteiger partial charge is 0.481 e. The van der Waals surface area contributed by atoms with Crippen LogP contribution in [0.1, 0.15) is 12.8 Å². The summed E-state index contributed by atoms with van der Waals surface area (Å²) in [6.45, 7) is 3.27. The zero-order valence-corrected chi connectivity index (χ0v) is 12.1. The van der Waals surface area contributed by atoms with Crippen LogP contribution in [-0.2, 0) is 14.3 Å². The Morgan fingerprint density at radius 2 is 1.65 bits per heavy atom. The van der Waals surface area contributed by atoms with E-state index >= 15 is 0 Å². The highest BCUT2D eigenvalue weighted by Crippen LogP contribution is 2.44. The maximum Gasteiger partial charge on any atom is 0.310 e. The fourth-order valence-corrected chi connectivity index (χ4v) is 3.74. The molecule has 0 aromatic heterocycles. The maximum atomic E-state index is 12.7. The van der Waals surface area contributed by atoms with Crippen LogP contribution in [0.2, 0.25) is 0 Å². The van der Waals surface area contributed by atoms with Crippen molar-refractivity contribution in [2.75, 3.05) is 40.3 Å². The van der Waals surface area contributed by atoms with Crippen LogP contribution >= 0.6 is 0 Å². The number of likely N-dealkylation sites (N-methyl/N-ethyl adjacent to an activating group) is 1. The van der Waals surface area contributed by atoms with Crippen molar-refractivity contribution >= 4 is 11.9 Å². The SMILES string of the molecule is C[N+]1(C)CCN(C(=O)C2C(C(=O)O)[C@H]3CC[C@@H]2O3)CC1. The first-order valence-corrected chi connectivity index (χ1v) is 7.38. The number of piperazine rings is 1. The van der Waals surface area contributed by atoms with Gasteiger partial charge in [-0.05, 0) is 12.8 Å².